The smallest absolute Gasteiger partial charge is 0.335 e. The van der Waals surface area contributed by atoms with Crippen molar-refractivity contribution in [2.24, 2.45) is 0 Å². The average molecular weight is 254 g/mol. The van der Waals surface area contributed by atoms with Crippen LogP contribution >= 0.6 is 0 Å². The highest BCUT2D eigenvalue weighted by molar-refractivity contribution is 5.91. The van der Waals surface area contributed by atoms with Gasteiger partial charge in [-0.25, -0.2) is 4.79 Å². The highest BCUT2D eigenvalue weighted by atomic mass is 16.4. The molecule has 0 fully saturated rings. The van der Waals surface area contributed by atoms with E-state index in [0.29, 0.717) is 5.56 Å². The summed E-state index contributed by atoms with van der Waals surface area (Å²) in [6.45, 7) is 4.10. The monoisotopic (exact) mass is 254 g/mol. The van der Waals surface area contributed by atoms with Crippen LogP contribution in [0.1, 0.15) is 34.8 Å². The number of benzene rings is 2. The van der Waals surface area contributed by atoms with Gasteiger partial charge in [0.15, 0.2) is 0 Å². The van der Waals surface area contributed by atoms with Crippen LogP contribution in [0.4, 0.5) is 0 Å². The minimum Gasteiger partial charge on any atom is -0.478 e. The number of carboxylic acid groups (broad SMARTS) is 1. The quantitative estimate of drug-likeness (QED) is 0.882. The third-order valence-electron chi connectivity index (χ3n) is 3.28. The van der Waals surface area contributed by atoms with Crippen molar-refractivity contribution in [3.8, 4) is 11.1 Å². The van der Waals surface area contributed by atoms with E-state index in [-0.39, 0.29) is 0 Å². The van der Waals surface area contributed by atoms with E-state index in [9.17, 15) is 9.90 Å². The van der Waals surface area contributed by atoms with Gasteiger partial charge in [-0.05, 0) is 41.7 Å². The van der Waals surface area contributed by atoms with Gasteiger partial charge in [-0.1, -0.05) is 49.7 Å². The molecule has 0 spiro atoms. The van der Waals surface area contributed by atoms with Crippen LogP contribution in [0.3, 0.4) is 0 Å². The van der Waals surface area contributed by atoms with E-state index in [0.717, 1.165) is 35.1 Å². The fraction of sp³-hybridized carbons (Fsp3) is 0.235. The standard InChI is InChI=1S/C17H18O2/c1-3-7-14-10-12(2)15(11-16(14)17(18)19)13-8-5-4-6-9-13/h4-6,8-11H,3,7H2,1-2H3,(H,18,19). The molecule has 0 aliphatic carbocycles. The van der Waals surface area contributed by atoms with Crippen molar-refractivity contribution in [1.29, 1.82) is 0 Å². The van der Waals surface area contributed by atoms with Gasteiger partial charge in [0.1, 0.15) is 0 Å². The van der Waals surface area contributed by atoms with E-state index in [1.54, 1.807) is 6.07 Å². The molecule has 0 atom stereocenters. The van der Waals surface area contributed by atoms with Gasteiger partial charge >= 0.3 is 5.97 Å². The van der Waals surface area contributed by atoms with Crippen LogP contribution in [0.2, 0.25) is 0 Å². The van der Waals surface area contributed by atoms with Crippen LogP contribution < -0.4 is 0 Å². The summed E-state index contributed by atoms with van der Waals surface area (Å²) in [7, 11) is 0. The van der Waals surface area contributed by atoms with Crippen molar-refractivity contribution in [3.05, 3.63) is 59.2 Å². The number of carbonyl (C=O) groups is 1. The summed E-state index contributed by atoms with van der Waals surface area (Å²) in [6.07, 6.45) is 1.75. The summed E-state index contributed by atoms with van der Waals surface area (Å²) >= 11 is 0. The topological polar surface area (TPSA) is 37.3 Å². The molecule has 2 nitrogen and oxygen atoms in total. The van der Waals surface area contributed by atoms with Crippen LogP contribution in [-0.2, 0) is 6.42 Å². The molecule has 2 heteroatoms. The molecule has 0 heterocycles. The Morgan fingerprint density at radius 2 is 1.84 bits per heavy atom. The lowest BCUT2D eigenvalue weighted by molar-refractivity contribution is 0.0695. The Morgan fingerprint density at radius 1 is 1.16 bits per heavy atom. The number of carboxylic acids is 1. The number of aryl methyl sites for hydroxylation is 2. The minimum atomic E-state index is -0.847. The first-order chi connectivity index (χ1) is 9.13. The summed E-state index contributed by atoms with van der Waals surface area (Å²) < 4.78 is 0. The lowest BCUT2D eigenvalue weighted by atomic mass is 9.93. The van der Waals surface area contributed by atoms with Gasteiger partial charge in [-0.2, -0.15) is 0 Å². The Balaban J connectivity index is 2.58. The second-order valence-electron chi connectivity index (χ2n) is 4.75. The fourth-order valence-corrected chi connectivity index (χ4v) is 2.37. The molecule has 19 heavy (non-hydrogen) atoms. The molecule has 0 aliphatic rings. The largest absolute Gasteiger partial charge is 0.478 e. The number of hydrogen-bond donors (Lipinski definition) is 1. The zero-order valence-electron chi connectivity index (χ0n) is 11.3. The van der Waals surface area contributed by atoms with E-state index in [4.69, 9.17) is 0 Å². The Bertz CT molecular complexity index is 586. The summed E-state index contributed by atoms with van der Waals surface area (Å²) in [4.78, 5) is 11.4. The maximum atomic E-state index is 11.4. The van der Waals surface area contributed by atoms with Crippen LogP contribution in [-0.4, -0.2) is 11.1 Å². The van der Waals surface area contributed by atoms with Crippen LogP contribution in [0, 0.1) is 6.92 Å². The van der Waals surface area contributed by atoms with E-state index in [1.165, 1.54) is 0 Å². The first kappa shape index (κ1) is 13.3. The van der Waals surface area contributed by atoms with Gasteiger partial charge < -0.3 is 5.11 Å². The number of aromatic carboxylic acids is 1. The molecule has 98 valence electrons. The molecular weight excluding hydrogens is 236 g/mol. The van der Waals surface area contributed by atoms with Crippen LogP contribution in [0.5, 0.6) is 0 Å². The molecule has 0 unspecified atom stereocenters. The minimum absolute atomic E-state index is 0.423. The summed E-state index contributed by atoms with van der Waals surface area (Å²) in [5.74, 6) is -0.847. The Labute approximate surface area is 113 Å². The zero-order chi connectivity index (χ0) is 13.8. The van der Waals surface area contributed by atoms with Gasteiger partial charge in [0.05, 0.1) is 5.56 Å². The second-order valence-corrected chi connectivity index (χ2v) is 4.75. The molecular formula is C17H18O2. The molecule has 0 saturated heterocycles. The summed E-state index contributed by atoms with van der Waals surface area (Å²) in [5.41, 5.74) is 4.53. The fourth-order valence-electron chi connectivity index (χ4n) is 2.37. The van der Waals surface area contributed by atoms with Gasteiger partial charge in [-0.15, -0.1) is 0 Å². The number of hydrogen-bond acceptors (Lipinski definition) is 1. The molecule has 2 aromatic rings. The summed E-state index contributed by atoms with van der Waals surface area (Å²) in [5, 5.41) is 9.35. The lowest BCUT2D eigenvalue weighted by Gasteiger charge is -2.12. The summed E-state index contributed by atoms with van der Waals surface area (Å²) in [6, 6.07) is 13.7. The highest BCUT2D eigenvalue weighted by Gasteiger charge is 2.13. The molecule has 0 bridgehead atoms. The van der Waals surface area contributed by atoms with Crippen molar-refractivity contribution in [1.82, 2.24) is 0 Å². The van der Waals surface area contributed by atoms with Gasteiger partial charge in [0.25, 0.3) is 0 Å². The molecule has 0 radical (unpaired) electrons. The van der Waals surface area contributed by atoms with E-state index >= 15 is 0 Å². The predicted molar refractivity (Wildman–Crippen MR) is 77.6 cm³/mol. The SMILES string of the molecule is CCCc1cc(C)c(-c2ccccc2)cc1C(=O)O. The third kappa shape index (κ3) is 2.84. The van der Waals surface area contributed by atoms with Gasteiger partial charge in [-0.3, -0.25) is 0 Å². The van der Waals surface area contributed by atoms with Gasteiger partial charge in [0.2, 0.25) is 0 Å². The van der Waals surface area contributed by atoms with Crippen molar-refractivity contribution in [3.63, 3.8) is 0 Å². The van der Waals surface area contributed by atoms with Crippen molar-refractivity contribution in [2.75, 3.05) is 0 Å². The van der Waals surface area contributed by atoms with Crippen molar-refractivity contribution >= 4 is 5.97 Å². The zero-order valence-corrected chi connectivity index (χ0v) is 11.3. The maximum Gasteiger partial charge on any atom is 0.335 e. The van der Waals surface area contributed by atoms with E-state index in [1.807, 2.05) is 43.3 Å². The Kier molecular flexibility index (Phi) is 4.00. The third-order valence-corrected chi connectivity index (χ3v) is 3.28. The molecule has 1 N–H and O–H groups in total. The molecule has 0 amide bonds. The normalized spacial score (nSPS) is 10.4. The molecule has 2 aromatic carbocycles. The highest BCUT2D eigenvalue weighted by Crippen LogP contribution is 2.27. The first-order valence-corrected chi connectivity index (χ1v) is 6.55. The molecule has 0 saturated carbocycles. The van der Waals surface area contributed by atoms with E-state index in [2.05, 4.69) is 6.92 Å². The Hall–Kier alpha value is -2.09. The maximum absolute atomic E-state index is 11.4. The molecule has 0 aromatic heterocycles. The molecule has 2 rings (SSSR count). The van der Waals surface area contributed by atoms with E-state index < -0.39 is 5.97 Å². The molecule has 0 aliphatic heterocycles. The van der Waals surface area contributed by atoms with Crippen LogP contribution in [0.25, 0.3) is 11.1 Å². The van der Waals surface area contributed by atoms with Crippen molar-refractivity contribution < 1.29 is 9.90 Å². The average Bonchev–Trinajstić information content (AvgIpc) is 2.40. The number of rotatable bonds is 4. The predicted octanol–water partition coefficient (Wildman–Crippen LogP) is 4.31. The Morgan fingerprint density at radius 3 is 2.42 bits per heavy atom. The first-order valence-electron chi connectivity index (χ1n) is 6.55. The van der Waals surface area contributed by atoms with Crippen LogP contribution in [0.15, 0.2) is 42.5 Å². The lowest BCUT2D eigenvalue weighted by Crippen LogP contribution is -2.04. The second kappa shape index (κ2) is 5.70. The van der Waals surface area contributed by atoms with Gasteiger partial charge in [0, 0.05) is 0 Å². The van der Waals surface area contributed by atoms with Crippen molar-refractivity contribution in [2.45, 2.75) is 26.7 Å².